The molecule has 0 aliphatic heterocycles. The van der Waals surface area contributed by atoms with Crippen molar-refractivity contribution >= 4 is 34.4 Å². The smallest absolute Gasteiger partial charge is 0.251 e. The highest BCUT2D eigenvalue weighted by atomic mass is 16.3. The highest BCUT2D eigenvalue weighted by Gasteiger charge is 2.30. The number of nitrogens with one attached hydrogen (secondary N) is 2. The van der Waals surface area contributed by atoms with Gasteiger partial charge in [0.2, 0.25) is 0 Å². The van der Waals surface area contributed by atoms with E-state index in [9.17, 15) is 14.7 Å². The number of aliphatic hydroxyl groups is 1. The lowest BCUT2D eigenvalue weighted by atomic mass is 9.81. The van der Waals surface area contributed by atoms with E-state index in [1.807, 2.05) is 48.0 Å². The van der Waals surface area contributed by atoms with Gasteiger partial charge in [-0.25, -0.2) is 9.97 Å². The predicted molar refractivity (Wildman–Crippen MR) is 148 cm³/mol. The van der Waals surface area contributed by atoms with Crippen LogP contribution in [0.15, 0.2) is 67.0 Å². The van der Waals surface area contributed by atoms with Crippen LogP contribution in [0.25, 0.3) is 33.4 Å². The Bertz CT molecular complexity index is 1530. The number of benzene rings is 2. The number of rotatable bonds is 7. The highest BCUT2D eigenvalue weighted by Crippen LogP contribution is 2.41. The molecule has 194 valence electrons. The standard InChI is InChI=1S/C29H30N6O3/c1-16(2)28(37)33-21-10-8-19(9-11-21)25-23(24-26(30)31-15-32-27(24)35(25)3)18-4-6-20(7-5-18)29(38)34-22-12-17(13-22)14-36/h4-11,15,17,22,36H,1,12-14H2,2-3H3,(H,33,37)(H,34,38)(H2,30,31,32). The van der Waals surface area contributed by atoms with Crippen LogP contribution in [0.1, 0.15) is 30.1 Å². The van der Waals surface area contributed by atoms with E-state index in [-0.39, 0.29) is 30.4 Å². The molecule has 0 unspecified atom stereocenters. The average Bonchev–Trinajstić information content (AvgIpc) is 3.19. The summed E-state index contributed by atoms with van der Waals surface area (Å²) in [5, 5.41) is 15.8. The van der Waals surface area contributed by atoms with E-state index < -0.39 is 0 Å². The third kappa shape index (κ3) is 4.64. The Kier molecular flexibility index (Phi) is 6.69. The number of nitrogens with zero attached hydrogens (tertiary/aromatic N) is 3. The third-order valence-corrected chi connectivity index (χ3v) is 7.07. The van der Waals surface area contributed by atoms with Crippen molar-refractivity contribution in [3.8, 4) is 22.4 Å². The molecule has 0 saturated heterocycles. The minimum atomic E-state index is -0.235. The SMILES string of the molecule is C=C(C)C(=O)Nc1ccc(-c2c(-c3ccc(C(=O)NC4CC(CO)C4)cc3)c3c(N)ncnc3n2C)cc1. The van der Waals surface area contributed by atoms with E-state index in [4.69, 9.17) is 5.73 Å². The molecule has 0 atom stereocenters. The minimum absolute atomic E-state index is 0.101. The molecule has 0 radical (unpaired) electrons. The van der Waals surface area contributed by atoms with E-state index in [0.29, 0.717) is 28.3 Å². The van der Waals surface area contributed by atoms with Crippen molar-refractivity contribution in [3.63, 3.8) is 0 Å². The number of amides is 2. The van der Waals surface area contributed by atoms with Crippen molar-refractivity contribution in [2.45, 2.75) is 25.8 Å². The van der Waals surface area contributed by atoms with E-state index in [0.717, 1.165) is 40.6 Å². The number of aliphatic hydroxyl groups excluding tert-OH is 1. The monoisotopic (exact) mass is 510 g/mol. The number of hydrogen-bond donors (Lipinski definition) is 4. The molecule has 9 heteroatoms. The number of hydrogen-bond acceptors (Lipinski definition) is 6. The molecule has 2 aromatic heterocycles. The molecule has 2 heterocycles. The summed E-state index contributed by atoms with van der Waals surface area (Å²) in [6, 6.07) is 15.0. The summed E-state index contributed by atoms with van der Waals surface area (Å²) in [5.74, 6) is 0.270. The number of carbonyl (C=O) groups excluding carboxylic acids is 2. The van der Waals surface area contributed by atoms with Gasteiger partial charge in [0.15, 0.2) is 0 Å². The first-order chi connectivity index (χ1) is 18.3. The number of aromatic nitrogens is 3. The number of fused-ring (bicyclic) bond motifs is 1. The van der Waals surface area contributed by atoms with Crippen molar-refractivity contribution in [3.05, 3.63) is 72.6 Å². The summed E-state index contributed by atoms with van der Waals surface area (Å²) < 4.78 is 1.97. The van der Waals surface area contributed by atoms with E-state index in [1.54, 1.807) is 19.1 Å². The Morgan fingerprint density at radius 1 is 1.08 bits per heavy atom. The van der Waals surface area contributed by atoms with Crippen LogP contribution in [0.4, 0.5) is 11.5 Å². The molecule has 4 aromatic rings. The van der Waals surface area contributed by atoms with Crippen LogP contribution in [0.5, 0.6) is 0 Å². The molecular weight excluding hydrogens is 480 g/mol. The van der Waals surface area contributed by atoms with Gasteiger partial charge in [-0.05, 0) is 61.1 Å². The van der Waals surface area contributed by atoms with Crippen LogP contribution < -0.4 is 16.4 Å². The van der Waals surface area contributed by atoms with Crippen LogP contribution in [-0.2, 0) is 11.8 Å². The first kappa shape index (κ1) is 25.2. The number of nitrogen functional groups attached to an aromatic ring is 1. The van der Waals surface area contributed by atoms with Crippen molar-refractivity contribution in [2.24, 2.45) is 13.0 Å². The quantitative estimate of drug-likeness (QED) is 0.279. The fraction of sp³-hybridized carbons (Fsp3) is 0.241. The summed E-state index contributed by atoms with van der Waals surface area (Å²) >= 11 is 0. The Balaban J connectivity index is 1.51. The molecular formula is C29H30N6O3. The van der Waals surface area contributed by atoms with Gasteiger partial charge in [0.1, 0.15) is 17.8 Å². The largest absolute Gasteiger partial charge is 0.396 e. The van der Waals surface area contributed by atoms with Gasteiger partial charge in [0, 0.05) is 42.1 Å². The second-order valence-corrected chi connectivity index (χ2v) is 9.82. The molecule has 38 heavy (non-hydrogen) atoms. The fourth-order valence-corrected chi connectivity index (χ4v) is 4.90. The molecule has 9 nitrogen and oxygen atoms in total. The van der Waals surface area contributed by atoms with Crippen LogP contribution >= 0.6 is 0 Å². The lowest BCUT2D eigenvalue weighted by molar-refractivity contribution is -0.112. The Labute approximate surface area is 220 Å². The van der Waals surface area contributed by atoms with Gasteiger partial charge in [-0.2, -0.15) is 0 Å². The maximum absolute atomic E-state index is 12.7. The maximum atomic E-state index is 12.7. The van der Waals surface area contributed by atoms with Crippen molar-refractivity contribution in [2.75, 3.05) is 17.7 Å². The van der Waals surface area contributed by atoms with Crippen LogP contribution in [-0.4, -0.2) is 44.1 Å². The normalized spacial score (nSPS) is 16.6. The van der Waals surface area contributed by atoms with Crippen molar-refractivity contribution < 1.29 is 14.7 Å². The van der Waals surface area contributed by atoms with Crippen LogP contribution in [0.2, 0.25) is 0 Å². The number of aryl methyl sites for hydroxylation is 1. The first-order valence-corrected chi connectivity index (χ1v) is 12.4. The van der Waals surface area contributed by atoms with Gasteiger partial charge < -0.3 is 26.0 Å². The average molecular weight is 511 g/mol. The van der Waals surface area contributed by atoms with Gasteiger partial charge in [0.05, 0.1) is 11.1 Å². The molecule has 0 spiro atoms. The van der Waals surface area contributed by atoms with Gasteiger partial charge in [-0.15, -0.1) is 0 Å². The van der Waals surface area contributed by atoms with E-state index in [1.165, 1.54) is 6.33 Å². The highest BCUT2D eigenvalue weighted by molar-refractivity contribution is 6.08. The molecule has 1 aliphatic carbocycles. The number of anilines is 2. The molecule has 5 N–H and O–H groups in total. The Hall–Kier alpha value is -4.50. The number of carbonyl (C=O) groups is 2. The summed E-state index contributed by atoms with van der Waals surface area (Å²) in [4.78, 5) is 33.5. The minimum Gasteiger partial charge on any atom is -0.396 e. The lowest BCUT2D eigenvalue weighted by Gasteiger charge is -2.34. The van der Waals surface area contributed by atoms with Gasteiger partial charge >= 0.3 is 0 Å². The molecule has 1 fully saturated rings. The van der Waals surface area contributed by atoms with E-state index >= 15 is 0 Å². The van der Waals surface area contributed by atoms with Gasteiger partial charge in [-0.3, -0.25) is 9.59 Å². The van der Waals surface area contributed by atoms with Crippen molar-refractivity contribution in [1.82, 2.24) is 19.9 Å². The zero-order chi connectivity index (χ0) is 27.0. The lowest BCUT2D eigenvalue weighted by Crippen LogP contribution is -2.45. The number of nitrogens with two attached hydrogens (primary N) is 1. The molecule has 2 amide bonds. The molecule has 1 aliphatic rings. The van der Waals surface area contributed by atoms with Crippen LogP contribution in [0.3, 0.4) is 0 Å². The first-order valence-electron chi connectivity index (χ1n) is 12.4. The molecule has 0 bridgehead atoms. The van der Waals surface area contributed by atoms with E-state index in [2.05, 4.69) is 27.2 Å². The van der Waals surface area contributed by atoms with Crippen molar-refractivity contribution in [1.29, 1.82) is 0 Å². The maximum Gasteiger partial charge on any atom is 0.251 e. The zero-order valence-electron chi connectivity index (χ0n) is 21.4. The topological polar surface area (TPSA) is 135 Å². The second-order valence-electron chi connectivity index (χ2n) is 9.82. The molecule has 1 saturated carbocycles. The molecule has 5 rings (SSSR count). The predicted octanol–water partition coefficient (Wildman–Crippen LogP) is 3.90. The molecule has 2 aromatic carbocycles. The third-order valence-electron chi connectivity index (χ3n) is 7.07. The zero-order valence-corrected chi connectivity index (χ0v) is 21.4. The Morgan fingerprint density at radius 3 is 2.37 bits per heavy atom. The summed E-state index contributed by atoms with van der Waals surface area (Å²) in [5.41, 5.74) is 12.2. The second kappa shape index (κ2) is 10.1. The fourth-order valence-electron chi connectivity index (χ4n) is 4.90. The van der Waals surface area contributed by atoms with Crippen LogP contribution in [0, 0.1) is 5.92 Å². The van der Waals surface area contributed by atoms with Gasteiger partial charge in [0.25, 0.3) is 11.8 Å². The van der Waals surface area contributed by atoms with Gasteiger partial charge in [-0.1, -0.05) is 30.8 Å². The summed E-state index contributed by atoms with van der Waals surface area (Å²) in [7, 11) is 1.92. The summed E-state index contributed by atoms with van der Waals surface area (Å²) in [6.45, 7) is 5.49. The Morgan fingerprint density at radius 2 is 1.74 bits per heavy atom. The summed E-state index contributed by atoms with van der Waals surface area (Å²) in [6.07, 6.45) is 3.04.